The van der Waals surface area contributed by atoms with E-state index >= 15 is 0 Å². The molecule has 1 aromatic rings. The van der Waals surface area contributed by atoms with Gasteiger partial charge in [-0.05, 0) is 67.2 Å². The molecule has 2 rings (SSSR count). The highest BCUT2D eigenvalue weighted by Crippen LogP contribution is 2.13. The van der Waals surface area contributed by atoms with Crippen molar-refractivity contribution in [3.05, 3.63) is 27.8 Å². The van der Waals surface area contributed by atoms with Crippen LogP contribution in [0, 0.1) is 3.57 Å². The van der Waals surface area contributed by atoms with Crippen LogP contribution in [0.4, 0.5) is 5.69 Å². The molecule has 2 N–H and O–H groups in total. The van der Waals surface area contributed by atoms with E-state index in [9.17, 15) is 4.79 Å². The number of halogens is 1. The van der Waals surface area contributed by atoms with Gasteiger partial charge >= 0.3 is 0 Å². The minimum atomic E-state index is 0.0683. The number of piperidine rings is 1. The van der Waals surface area contributed by atoms with Crippen LogP contribution in [0.2, 0.25) is 0 Å². The Hall–Kier alpha value is -0.660. The first kappa shape index (κ1) is 14.7. The molecule has 5 heteroatoms. The number of rotatable bonds is 4. The fourth-order valence-corrected chi connectivity index (χ4v) is 2.95. The number of hydrogen-bond donors (Lipinski definition) is 2. The maximum atomic E-state index is 12.0. The first-order valence-corrected chi connectivity index (χ1v) is 7.70. The SMILES string of the molecule is CNC1CCCN(CC(=O)Nc2cccc(I)c2)C1. The number of carbonyl (C=O) groups is 1. The molecule has 1 heterocycles. The van der Waals surface area contributed by atoms with E-state index in [2.05, 4.69) is 38.1 Å². The molecular formula is C14H20IN3O. The molecule has 0 spiro atoms. The number of hydrogen-bond acceptors (Lipinski definition) is 3. The van der Waals surface area contributed by atoms with E-state index in [0.717, 1.165) is 28.8 Å². The molecular weight excluding hydrogens is 353 g/mol. The van der Waals surface area contributed by atoms with Crippen LogP contribution in [-0.2, 0) is 4.79 Å². The Morgan fingerprint density at radius 1 is 1.53 bits per heavy atom. The highest BCUT2D eigenvalue weighted by atomic mass is 127. The topological polar surface area (TPSA) is 44.4 Å². The molecule has 0 aromatic heterocycles. The summed E-state index contributed by atoms with van der Waals surface area (Å²) in [5, 5.41) is 6.25. The molecule has 0 saturated carbocycles. The highest BCUT2D eigenvalue weighted by Gasteiger charge is 2.20. The van der Waals surface area contributed by atoms with Gasteiger partial charge in [0.15, 0.2) is 0 Å². The van der Waals surface area contributed by atoms with Crippen LogP contribution in [0.15, 0.2) is 24.3 Å². The number of likely N-dealkylation sites (N-methyl/N-ethyl adjacent to an activating group) is 1. The third-order valence-electron chi connectivity index (χ3n) is 3.39. The van der Waals surface area contributed by atoms with E-state index in [0.29, 0.717) is 12.6 Å². The lowest BCUT2D eigenvalue weighted by Gasteiger charge is -2.31. The number of anilines is 1. The van der Waals surface area contributed by atoms with Gasteiger partial charge in [-0.3, -0.25) is 9.69 Å². The lowest BCUT2D eigenvalue weighted by molar-refractivity contribution is -0.117. The maximum Gasteiger partial charge on any atom is 0.238 e. The lowest BCUT2D eigenvalue weighted by atomic mass is 10.1. The van der Waals surface area contributed by atoms with Gasteiger partial charge in [0, 0.05) is 21.8 Å². The van der Waals surface area contributed by atoms with Crippen LogP contribution in [0.25, 0.3) is 0 Å². The van der Waals surface area contributed by atoms with E-state index in [1.54, 1.807) is 0 Å². The van der Waals surface area contributed by atoms with Gasteiger partial charge in [-0.1, -0.05) is 6.07 Å². The van der Waals surface area contributed by atoms with Crippen molar-refractivity contribution in [2.75, 3.05) is 32.0 Å². The zero-order valence-corrected chi connectivity index (χ0v) is 13.3. The Morgan fingerprint density at radius 2 is 2.37 bits per heavy atom. The summed E-state index contributed by atoms with van der Waals surface area (Å²) in [6.45, 7) is 2.44. The van der Waals surface area contributed by atoms with Crippen molar-refractivity contribution in [1.82, 2.24) is 10.2 Å². The number of nitrogens with zero attached hydrogens (tertiary/aromatic N) is 1. The molecule has 1 aromatic carbocycles. The van der Waals surface area contributed by atoms with Crippen LogP contribution in [0.5, 0.6) is 0 Å². The van der Waals surface area contributed by atoms with Crippen molar-refractivity contribution in [1.29, 1.82) is 0 Å². The summed E-state index contributed by atoms with van der Waals surface area (Å²) in [7, 11) is 1.99. The second kappa shape index (κ2) is 7.21. The number of benzene rings is 1. The van der Waals surface area contributed by atoms with Crippen molar-refractivity contribution in [2.24, 2.45) is 0 Å². The molecule has 0 aliphatic carbocycles. The molecule has 1 saturated heterocycles. The van der Waals surface area contributed by atoms with Gasteiger partial charge in [0.05, 0.1) is 6.54 Å². The van der Waals surface area contributed by atoms with E-state index in [1.165, 1.54) is 6.42 Å². The predicted molar refractivity (Wildman–Crippen MR) is 86.3 cm³/mol. The van der Waals surface area contributed by atoms with Gasteiger partial charge in [0.2, 0.25) is 5.91 Å². The molecule has 19 heavy (non-hydrogen) atoms. The lowest BCUT2D eigenvalue weighted by Crippen LogP contribution is -2.46. The zero-order chi connectivity index (χ0) is 13.7. The summed E-state index contributed by atoms with van der Waals surface area (Å²) in [5.74, 6) is 0.0683. The fraction of sp³-hybridized carbons (Fsp3) is 0.500. The summed E-state index contributed by atoms with van der Waals surface area (Å²) in [6.07, 6.45) is 2.35. The summed E-state index contributed by atoms with van der Waals surface area (Å²) in [4.78, 5) is 14.2. The summed E-state index contributed by atoms with van der Waals surface area (Å²) in [5.41, 5.74) is 0.874. The van der Waals surface area contributed by atoms with Gasteiger partial charge in [-0.15, -0.1) is 0 Å². The third-order valence-corrected chi connectivity index (χ3v) is 4.06. The molecule has 1 atom stereocenters. The zero-order valence-electron chi connectivity index (χ0n) is 11.2. The standard InChI is InChI=1S/C14H20IN3O/c1-16-13-6-3-7-18(9-13)10-14(19)17-12-5-2-4-11(15)8-12/h2,4-5,8,13,16H,3,6-7,9-10H2,1H3,(H,17,19). The summed E-state index contributed by atoms with van der Waals surface area (Å²) < 4.78 is 1.13. The largest absolute Gasteiger partial charge is 0.325 e. The second-order valence-electron chi connectivity index (χ2n) is 4.92. The van der Waals surface area contributed by atoms with E-state index in [-0.39, 0.29) is 5.91 Å². The average Bonchev–Trinajstić information content (AvgIpc) is 2.38. The Morgan fingerprint density at radius 3 is 3.11 bits per heavy atom. The molecule has 1 fully saturated rings. The van der Waals surface area contributed by atoms with Gasteiger partial charge in [0.25, 0.3) is 0 Å². The van der Waals surface area contributed by atoms with Crippen LogP contribution >= 0.6 is 22.6 Å². The smallest absolute Gasteiger partial charge is 0.238 e. The van der Waals surface area contributed by atoms with Crippen LogP contribution in [0.1, 0.15) is 12.8 Å². The van der Waals surface area contributed by atoms with E-state index in [1.807, 2.05) is 31.3 Å². The average molecular weight is 373 g/mol. The molecule has 0 radical (unpaired) electrons. The van der Waals surface area contributed by atoms with Crippen LogP contribution < -0.4 is 10.6 Å². The summed E-state index contributed by atoms with van der Waals surface area (Å²) in [6, 6.07) is 8.38. The predicted octanol–water partition coefficient (Wildman–Crippen LogP) is 1.91. The third kappa shape index (κ3) is 4.74. The quantitative estimate of drug-likeness (QED) is 0.793. The molecule has 0 bridgehead atoms. The number of likely N-dealkylation sites (tertiary alicyclic amines) is 1. The Kier molecular flexibility index (Phi) is 5.59. The maximum absolute atomic E-state index is 12.0. The Balaban J connectivity index is 1.84. The molecule has 4 nitrogen and oxygen atoms in total. The second-order valence-corrected chi connectivity index (χ2v) is 6.17. The molecule has 1 amide bonds. The first-order chi connectivity index (χ1) is 9.17. The Labute approximate surface area is 128 Å². The van der Waals surface area contributed by atoms with Gasteiger partial charge in [0.1, 0.15) is 0 Å². The van der Waals surface area contributed by atoms with Crippen molar-refractivity contribution in [2.45, 2.75) is 18.9 Å². The minimum Gasteiger partial charge on any atom is -0.325 e. The number of nitrogens with one attached hydrogen (secondary N) is 2. The fourth-order valence-electron chi connectivity index (χ4n) is 2.40. The van der Waals surface area contributed by atoms with Gasteiger partial charge < -0.3 is 10.6 Å². The van der Waals surface area contributed by atoms with Crippen molar-refractivity contribution >= 4 is 34.2 Å². The van der Waals surface area contributed by atoms with E-state index in [4.69, 9.17) is 0 Å². The number of amides is 1. The van der Waals surface area contributed by atoms with Gasteiger partial charge in [-0.25, -0.2) is 0 Å². The normalized spacial score (nSPS) is 20.2. The minimum absolute atomic E-state index is 0.0683. The monoisotopic (exact) mass is 373 g/mol. The molecule has 1 aliphatic heterocycles. The van der Waals surface area contributed by atoms with Gasteiger partial charge in [-0.2, -0.15) is 0 Å². The van der Waals surface area contributed by atoms with E-state index < -0.39 is 0 Å². The molecule has 104 valence electrons. The highest BCUT2D eigenvalue weighted by molar-refractivity contribution is 14.1. The van der Waals surface area contributed by atoms with Crippen LogP contribution in [-0.4, -0.2) is 43.5 Å². The Bertz CT molecular complexity index is 438. The molecule has 1 aliphatic rings. The summed E-state index contributed by atoms with van der Waals surface area (Å²) >= 11 is 2.25. The van der Waals surface area contributed by atoms with Crippen molar-refractivity contribution in [3.8, 4) is 0 Å². The first-order valence-electron chi connectivity index (χ1n) is 6.62. The van der Waals surface area contributed by atoms with Crippen molar-refractivity contribution in [3.63, 3.8) is 0 Å². The van der Waals surface area contributed by atoms with Crippen LogP contribution in [0.3, 0.4) is 0 Å². The molecule has 1 unspecified atom stereocenters. The number of carbonyl (C=O) groups excluding carboxylic acids is 1. The van der Waals surface area contributed by atoms with Crippen molar-refractivity contribution < 1.29 is 4.79 Å².